The predicted molar refractivity (Wildman–Crippen MR) is 66.6 cm³/mol. The van der Waals surface area contributed by atoms with E-state index in [9.17, 15) is 9.50 Å². The van der Waals surface area contributed by atoms with Crippen molar-refractivity contribution in [3.8, 4) is 0 Å². The van der Waals surface area contributed by atoms with E-state index in [-0.39, 0.29) is 5.82 Å². The van der Waals surface area contributed by atoms with Gasteiger partial charge in [-0.05, 0) is 29.8 Å². The van der Waals surface area contributed by atoms with Crippen LogP contribution in [0.25, 0.3) is 0 Å². The Morgan fingerprint density at radius 2 is 2.00 bits per heavy atom. The molecule has 0 aliphatic rings. The molecule has 18 heavy (non-hydrogen) atoms. The van der Waals surface area contributed by atoms with Gasteiger partial charge in [0.15, 0.2) is 0 Å². The topological polar surface area (TPSA) is 45.4 Å². The van der Waals surface area contributed by atoms with Crippen LogP contribution in [0.3, 0.4) is 0 Å². The fourth-order valence-electron chi connectivity index (χ4n) is 1.71. The van der Waals surface area contributed by atoms with Gasteiger partial charge in [-0.1, -0.05) is 12.1 Å². The molecule has 4 heteroatoms. The Morgan fingerprint density at radius 3 is 2.67 bits per heavy atom. The molecule has 2 N–H and O–H groups in total. The smallest absolute Gasteiger partial charge is 0.123 e. The highest BCUT2D eigenvalue weighted by atomic mass is 19.1. The number of aliphatic hydroxyl groups excluding tert-OH is 1. The lowest BCUT2D eigenvalue weighted by Crippen LogP contribution is -2.23. The molecule has 0 radical (unpaired) electrons. The highest BCUT2D eigenvalue weighted by Crippen LogP contribution is 2.12. The van der Waals surface area contributed by atoms with Crippen LogP contribution >= 0.6 is 0 Å². The van der Waals surface area contributed by atoms with Gasteiger partial charge in [0.2, 0.25) is 0 Å². The van der Waals surface area contributed by atoms with Gasteiger partial charge in [-0.3, -0.25) is 0 Å². The van der Waals surface area contributed by atoms with Crippen molar-refractivity contribution in [2.45, 2.75) is 12.5 Å². The molecule has 0 bridgehead atoms. The number of nitrogens with one attached hydrogen (secondary N) is 1. The molecule has 0 spiro atoms. The summed E-state index contributed by atoms with van der Waals surface area (Å²) in [5.41, 5.74) is 0.710. The summed E-state index contributed by atoms with van der Waals surface area (Å²) in [7, 11) is 0. The SMILES string of the molecule is OC(CNCCc1ccco1)c1ccc(F)cc1. The maximum Gasteiger partial charge on any atom is 0.123 e. The first-order valence-electron chi connectivity index (χ1n) is 5.92. The molecular formula is C14H16FNO2. The zero-order valence-corrected chi connectivity index (χ0v) is 9.97. The van der Waals surface area contributed by atoms with Crippen LogP contribution in [0, 0.1) is 5.82 Å². The Labute approximate surface area is 105 Å². The van der Waals surface area contributed by atoms with E-state index in [1.165, 1.54) is 12.1 Å². The first-order valence-corrected chi connectivity index (χ1v) is 5.92. The molecule has 2 aromatic rings. The van der Waals surface area contributed by atoms with Crippen molar-refractivity contribution in [2.24, 2.45) is 0 Å². The molecule has 0 saturated carbocycles. The summed E-state index contributed by atoms with van der Waals surface area (Å²) in [4.78, 5) is 0. The highest BCUT2D eigenvalue weighted by molar-refractivity contribution is 5.18. The van der Waals surface area contributed by atoms with E-state index in [1.807, 2.05) is 12.1 Å². The van der Waals surface area contributed by atoms with Crippen molar-refractivity contribution in [1.29, 1.82) is 0 Å². The summed E-state index contributed by atoms with van der Waals surface area (Å²) in [6, 6.07) is 9.64. The summed E-state index contributed by atoms with van der Waals surface area (Å²) in [6.07, 6.45) is 1.80. The van der Waals surface area contributed by atoms with Crippen LogP contribution in [0.2, 0.25) is 0 Å². The molecule has 2 rings (SSSR count). The minimum absolute atomic E-state index is 0.295. The minimum Gasteiger partial charge on any atom is -0.469 e. The van der Waals surface area contributed by atoms with Gasteiger partial charge in [0, 0.05) is 19.5 Å². The van der Waals surface area contributed by atoms with Crippen LogP contribution in [-0.4, -0.2) is 18.2 Å². The third-order valence-corrected chi connectivity index (χ3v) is 2.72. The number of furan rings is 1. The number of hydrogen-bond acceptors (Lipinski definition) is 3. The van der Waals surface area contributed by atoms with E-state index < -0.39 is 6.10 Å². The lowest BCUT2D eigenvalue weighted by Gasteiger charge is -2.11. The number of rotatable bonds is 6. The van der Waals surface area contributed by atoms with E-state index in [4.69, 9.17) is 4.42 Å². The molecule has 96 valence electrons. The number of halogens is 1. The molecule has 0 fully saturated rings. The van der Waals surface area contributed by atoms with Crippen LogP contribution < -0.4 is 5.32 Å². The molecule has 1 heterocycles. The minimum atomic E-state index is -0.623. The quantitative estimate of drug-likeness (QED) is 0.772. The van der Waals surface area contributed by atoms with E-state index in [0.717, 1.165) is 18.7 Å². The lowest BCUT2D eigenvalue weighted by molar-refractivity contribution is 0.175. The Hall–Kier alpha value is -1.65. The highest BCUT2D eigenvalue weighted by Gasteiger charge is 2.06. The zero-order chi connectivity index (χ0) is 12.8. The lowest BCUT2D eigenvalue weighted by atomic mass is 10.1. The molecule has 1 unspecified atom stereocenters. The van der Waals surface area contributed by atoms with Crippen LogP contribution in [0.15, 0.2) is 47.1 Å². The van der Waals surface area contributed by atoms with Gasteiger partial charge < -0.3 is 14.8 Å². The van der Waals surface area contributed by atoms with Gasteiger partial charge in [0.05, 0.1) is 12.4 Å². The van der Waals surface area contributed by atoms with Gasteiger partial charge in [0.1, 0.15) is 11.6 Å². The van der Waals surface area contributed by atoms with Crippen molar-refractivity contribution >= 4 is 0 Å². The summed E-state index contributed by atoms with van der Waals surface area (Å²) >= 11 is 0. The Balaban J connectivity index is 1.71. The monoisotopic (exact) mass is 249 g/mol. The molecule has 0 amide bonds. The van der Waals surface area contributed by atoms with Crippen LogP contribution in [0.4, 0.5) is 4.39 Å². The van der Waals surface area contributed by atoms with Crippen molar-refractivity contribution in [1.82, 2.24) is 5.32 Å². The first-order chi connectivity index (χ1) is 8.75. The molecule has 0 aliphatic heterocycles. The van der Waals surface area contributed by atoms with Crippen molar-refractivity contribution in [3.05, 3.63) is 59.8 Å². The summed E-state index contributed by atoms with van der Waals surface area (Å²) in [6.45, 7) is 1.16. The molecule has 1 aromatic heterocycles. The number of benzene rings is 1. The maximum absolute atomic E-state index is 12.7. The molecule has 1 aromatic carbocycles. The van der Waals surface area contributed by atoms with Gasteiger partial charge in [-0.2, -0.15) is 0 Å². The largest absolute Gasteiger partial charge is 0.469 e. The van der Waals surface area contributed by atoms with Crippen molar-refractivity contribution in [2.75, 3.05) is 13.1 Å². The van der Waals surface area contributed by atoms with Crippen LogP contribution in [0.5, 0.6) is 0 Å². The van der Waals surface area contributed by atoms with Gasteiger partial charge in [-0.25, -0.2) is 4.39 Å². The molecule has 0 saturated heterocycles. The van der Waals surface area contributed by atoms with Gasteiger partial charge >= 0.3 is 0 Å². The number of hydrogen-bond donors (Lipinski definition) is 2. The van der Waals surface area contributed by atoms with E-state index in [2.05, 4.69) is 5.32 Å². The molecule has 0 aliphatic carbocycles. The average molecular weight is 249 g/mol. The first kappa shape index (κ1) is 12.8. The van der Waals surface area contributed by atoms with E-state index >= 15 is 0 Å². The Bertz CT molecular complexity index is 453. The summed E-state index contributed by atoms with van der Waals surface area (Å²) in [5.74, 6) is 0.621. The number of aliphatic hydroxyl groups is 1. The van der Waals surface area contributed by atoms with Gasteiger partial charge in [-0.15, -0.1) is 0 Å². The fraction of sp³-hybridized carbons (Fsp3) is 0.286. The standard InChI is InChI=1S/C14H16FNO2/c15-12-5-3-11(4-6-12)14(17)10-16-8-7-13-2-1-9-18-13/h1-6,9,14,16-17H,7-8,10H2. The van der Waals surface area contributed by atoms with Crippen LogP contribution in [-0.2, 0) is 6.42 Å². The van der Waals surface area contributed by atoms with Crippen LogP contribution in [0.1, 0.15) is 17.4 Å². The third-order valence-electron chi connectivity index (χ3n) is 2.72. The zero-order valence-electron chi connectivity index (χ0n) is 9.97. The Kier molecular flexibility index (Phi) is 4.50. The summed E-state index contributed by atoms with van der Waals surface area (Å²) < 4.78 is 17.9. The Morgan fingerprint density at radius 1 is 1.22 bits per heavy atom. The molecular weight excluding hydrogens is 233 g/mol. The second kappa shape index (κ2) is 6.33. The predicted octanol–water partition coefficient (Wildman–Crippen LogP) is 2.28. The normalized spacial score (nSPS) is 12.6. The average Bonchev–Trinajstić information content (AvgIpc) is 2.88. The second-order valence-corrected chi connectivity index (χ2v) is 4.10. The molecule has 3 nitrogen and oxygen atoms in total. The fourth-order valence-corrected chi connectivity index (χ4v) is 1.71. The maximum atomic E-state index is 12.7. The third kappa shape index (κ3) is 3.68. The van der Waals surface area contributed by atoms with E-state index in [1.54, 1.807) is 18.4 Å². The van der Waals surface area contributed by atoms with Gasteiger partial charge in [0.25, 0.3) is 0 Å². The van der Waals surface area contributed by atoms with Crippen molar-refractivity contribution in [3.63, 3.8) is 0 Å². The second-order valence-electron chi connectivity index (χ2n) is 4.10. The van der Waals surface area contributed by atoms with Crippen molar-refractivity contribution < 1.29 is 13.9 Å². The summed E-state index contributed by atoms with van der Waals surface area (Å²) in [5, 5.41) is 13.0. The molecule has 1 atom stereocenters. The van der Waals surface area contributed by atoms with E-state index in [0.29, 0.717) is 12.1 Å².